The summed E-state index contributed by atoms with van der Waals surface area (Å²) in [4.78, 5) is 2.31. The van der Waals surface area contributed by atoms with E-state index in [1.807, 2.05) is 0 Å². The Labute approximate surface area is 135 Å². The molecule has 0 aromatic rings. The van der Waals surface area contributed by atoms with Gasteiger partial charge in [-0.1, -0.05) is 6.92 Å². The lowest BCUT2D eigenvalue weighted by molar-refractivity contribution is -0.0776. The van der Waals surface area contributed by atoms with Gasteiger partial charge in [-0.05, 0) is 39.5 Å². The van der Waals surface area contributed by atoms with Crippen molar-refractivity contribution in [1.82, 2.24) is 13.9 Å². The van der Waals surface area contributed by atoms with Crippen LogP contribution in [0.3, 0.4) is 0 Å². The highest BCUT2D eigenvalue weighted by Crippen LogP contribution is 2.18. The Morgan fingerprint density at radius 1 is 1.18 bits per heavy atom. The van der Waals surface area contributed by atoms with Crippen molar-refractivity contribution >= 4 is 10.2 Å². The largest absolute Gasteiger partial charge is 0.373 e. The van der Waals surface area contributed by atoms with Gasteiger partial charge in [-0.2, -0.15) is 12.7 Å². The van der Waals surface area contributed by atoms with Crippen LogP contribution in [0.5, 0.6) is 0 Å². The fourth-order valence-electron chi connectivity index (χ4n) is 3.39. The van der Waals surface area contributed by atoms with E-state index in [0.29, 0.717) is 25.6 Å². The molecule has 0 amide bonds. The first-order valence-corrected chi connectivity index (χ1v) is 9.86. The molecule has 4 atom stereocenters. The van der Waals surface area contributed by atoms with Gasteiger partial charge in [-0.3, -0.25) is 4.90 Å². The van der Waals surface area contributed by atoms with Gasteiger partial charge in [0.1, 0.15) is 0 Å². The predicted octanol–water partition coefficient (Wildman–Crippen LogP) is 1.05. The van der Waals surface area contributed by atoms with E-state index in [1.165, 1.54) is 0 Å². The second-order valence-corrected chi connectivity index (χ2v) is 8.77. The molecule has 0 aliphatic carbocycles. The third-order valence-corrected chi connectivity index (χ3v) is 6.13. The highest BCUT2D eigenvalue weighted by atomic mass is 32.2. The van der Waals surface area contributed by atoms with Crippen molar-refractivity contribution in [3.05, 3.63) is 0 Å². The average molecular weight is 333 g/mol. The average Bonchev–Trinajstić information content (AvgIpc) is 2.44. The van der Waals surface area contributed by atoms with Crippen LogP contribution >= 0.6 is 0 Å². The highest BCUT2D eigenvalue weighted by Gasteiger charge is 2.29. The molecule has 2 aliphatic heterocycles. The van der Waals surface area contributed by atoms with Crippen molar-refractivity contribution < 1.29 is 13.2 Å². The smallest absolute Gasteiger partial charge is 0.279 e. The van der Waals surface area contributed by atoms with Crippen molar-refractivity contribution in [2.75, 3.05) is 32.7 Å². The van der Waals surface area contributed by atoms with E-state index in [0.717, 1.165) is 25.9 Å². The molecule has 0 spiro atoms. The number of hydrogen-bond acceptors (Lipinski definition) is 4. The van der Waals surface area contributed by atoms with Gasteiger partial charge in [-0.15, -0.1) is 0 Å². The summed E-state index contributed by atoms with van der Waals surface area (Å²) in [5, 5.41) is 0. The monoisotopic (exact) mass is 333 g/mol. The summed E-state index contributed by atoms with van der Waals surface area (Å²) in [6, 6.07) is 0.172. The third-order valence-electron chi connectivity index (χ3n) is 4.59. The Morgan fingerprint density at radius 3 is 2.41 bits per heavy atom. The minimum absolute atomic E-state index is 0.172. The summed E-state index contributed by atoms with van der Waals surface area (Å²) in [6.07, 6.45) is 2.47. The summed E-state index contributed by atoms with van der Waals surface area (Å²) in [6.45, 7) is 11.7. The van der Waals surface area contributed by atoms with E-state index < -0.39 is 10.2 Å². The van der Waals surface area contributed by atoms with Gasteiger partial charge in [0.25, 0.3) is 10.2 Å². The van der Waals surface area contributed by atoms with Crippen molar-refractivity contribution in [2.24, 2.45) is 5.92 Å². The lowest BCUT2D eigenvalue weighted by Gasteiger charge is -2.39. The Balaban J connectivity index is 1.85. The quantitative estimate of drug-likeness (QED) is 0.817. The Hall–Kier alpha value is -0.210. The molecule has 22 heavy (non-hydrogen) atoms. The maximum Gasteiger partial charge on any atom is 0.279 e. The molecule has 7 heteroatoms. The van der Waals surface area contributed by atoms with Crippen LogP contribution in [-0.4, -0.2) is 68.6 Å². The van der Waals surface area contributed by atoms with Crippen LogP contribution in [0.25, 0.3) is 0 Å². The highest BCUT2D eigenvalue weighted by molar-refractivity contribution is 7.87. The zero-order valence-corrected chi connectivity index (χ0v) is 15.1. The van der Waals surface area contributed by atoms with E-state index in [1.54, 1.807) is 4.31 Å². The molecule has 2 saturated heterocycles. The Morgan fingerprint density at radius 2 is 1.82 bits per heavy atom. The molecular formula is C15H31N3O3S. The molecule has 0 radical (unpaired) electrons. The van der Waals surface area contributed by atoms with Crippen molar-refractivity contribution in [2.45, 2.75) is 58.8 Å². The van der Waals surface area contributed by atoms with E-state index in [-0.39, 0.29) is 18.2 Å². The molecule has 2 fully saturated rings. The number of nitrogens with zero attached hydrogens (tertiary/aromatic N) is 2. The molecule has 130 valence electrons. The molecule has 0 saturated carbocycles. The molecule has 0 aromatic heterocycles. The second-order valence-electron chi connectivity index (χ2n) is 7.02. The second kappa shape index (κ2) is 7.57. The fourth-order valence-corrected chi connectivity index (χ4v) is 4.84. The molecule has 0 aromatic carbocycles. The van der Waals surface area contributed by atoms with Crippen LogP contribution in [0.15, 0.2) is 0 Å². The number of rotatable bonds is 5. The molecule has 0 bridgehead atoms. The summed E-state index contributed by atoms with van der Waals surface area (Å²) < 4.78 is 35.0. The van der Waals surface area contributed by atoms with Crippen LogP contribution in [0.4, 0.5) is 0 Å². The third kappa shape index (κ3) is 4.89. The summed E-state index contributed by atoms with van der Waals surface area (Å²) in [5.74, 6) is 0.448. The summed E-state index contributed by atoms with van der Waals surface area (Å²) in [7, 11) is -3.35. The molecule has 2 aliphatic rings. The van der Waals surface area contributed by atoms with Gasteiger partial charge < -0.3 is 4.74 Å². The van der Waals surface area contributed by atoms with E-state index in [4.69, 9.17) is 4.74 Å². The minimum atomic E-state index is -3.35. The number of morpholine rings is 1. The molecule has 6 nitrogen and oxygen atoms in total. The first-order valence-electron chi connectivity index (χ1n) is 8.42. The van der Waals surface area contributed by atoms with Crippen LogP contribution in [0.1, 0.15) is 40.5 Å². The topological polar surface area (TPSA) is 61.9 Å². The molecule has 4 unspecified atom stereocenters. The predicted molar refractivity (Wildman–Crippen MR) is 87.9 cm³/mol. The van der Waals surface area contributed by atoms with Crippen LogP contribution in [0.2, 0.25) is 0 Å². The van der Waals surface area contributed by atoms with Gasteiger partial charge in [0.15, 0.2) is 0 Å². The van der Waals surface area contributed by atoms with E-state index in [9.17, 15) is 8.42 Å². The zero-order chi connectivity index (χ0) is 16.3. The number of piperidine rings is 1. The summed E-state index contributed by atoms with van der Waals surface area (Å²) >= 11 is 0. The summed E-state index contributed by atoms with van der Waals surface area (Å²) in [5.41, 5.74) is 0. The van der Waals surface area contributed by atoms with Crippen LogP contribution in [0, 0.1) is 5.92 Å². The van der Waals surface area contributed by atoms with Crippen LogP contribution < -0.4 is 4.72 Å². The van der Waals surface area contributed by atoms with Gasteiger partial charge in [-0.25, -0.2) is 4.72 Å². The van der Waals surface area contributed by atoms with Crippen molar-refractivity contribution in [3.63, 3.8) is 0 Å². The van der Waals surface area contributed by atoms with Gasteiger partial charge in [0, 0.05) is 38.8 Å². The lowest BCUT2D eigenvalue weighted by Crippen LogP contribution is -2.54. The fraction of sp³-hybridized carbons (Fsp3) is 1.00. The zero-order valence-electron chi connectivity index (χ0n) is 14.3. The van der Waals surface area contributed by atoms with Crippen LogP contribution in [-0.2, 0) is 14.9 Å². The maximum absolute atomic E-state index is 12.4. The lowest BCUT2D eigenvalue weighted by atomic mass is 10.0. The Kier molecular flexibility index (Phi) is 6.24. The van der Waals surface area contributed by atoms with Gasteiger partial charge in [0.05, 0.1) is 12.2 Å². The van der Waals surface area contributed by atoms with Gasteiger partial charge in [0.2, 0.25) is 0 Å². The molecule has 2 heterocycles. The SMILES string of the molecule is CC1CCCN(S(=O)(=O)NCC(C)N2CC(C)OC(C)C2)C1. The first-order chi connectivity index (χ1) is 10.3. The number of nitrogens with one attached hydrogen (secondary N) is 1. The Bertz CT molecular complexity index is 447. The first kappa shape index (κ1) is 18.1. The van der Waals surface area contributed by atoms with Gasteiger partial charge >= 0.3 is 0 Å². The number of ether oxygens (including phenoxy) is 1. The van der Waals surface area contributed by atoms with E-state index in [2.05, 4.69) is 37.3 Å². The normalized spacial score (nSPS) is 33.7. The number of hydrogen-bond donors (Lipinski definition) is 1. The van der Waals surface area contributed by atoms with E-state index >= 15 is 0 Å². The standard InChI is InChI=1S/C15H31N3O3S/c1-12-6-5-7-18(9-12)22(19,20)16-8-13(2)17-10-14(3)21-15(4)11-17/h12-16H,5-11H2,1-4H3. The molecule has 1 N–H and O–H groups in total. The maximum atomic E-state index is 12.4. The van der Waals surface area contributed by atoms with Crippen molar-refractivity contribution in [3.8, 4) is 0 Å². The molecule has 2 rings (SSSR count). The minimum Gasteiger partial charge on any atom is -0.373 e. The van der Waals surface area contributed by atoms with Crippen molar-refractivity contribution in [1.29, 1.82) is 0 Å². The molecular weight excluding hydrogens is 302 g/mol.